The Kier molecular flexibility index (Phi) is 9.05. The first kappa shape index (κ1) is 14.1. The molecule has 5 heteroatoms. The first-order valence-corrected chi connectivity index (χ1v) is 4.85. The van der Waals surface area contributed by atoms with Crippen molar-refractivity contribution in [3.8, 4) is 0 Å². The molecule has 0 heterocycles. The van der Waals surface area contributed by atoms with E-state index in [0.29, 0.717) is 25.4 Å². The van der Waals surface area contributed by atoms with E-state index in [1.54, 1.807) is 6.92 Å². The zero-order valence-electron chi connectivity index (χ0n) is 9.03. The molecule has 15 heavy (non-hydrogen) atoms. The predicted molar refractivity (Wildman–Crippen MR) is 54.4 cm³/mol. The summed E-state index contributed by atoms with van der Waals surface area (Å²) in [5.41, 5.74) is 0.409. The Hall–Kier alpha value is -0.910. The second-order valence-corrected chi connectivity index (χ2v) is 3.07. The molecule has 0 aromatic heterocycles. The minimum absolute atomic E-state index is 0.171. The summed E-state index contributed by atoms with van der Waals surface area (Å²) < 4.78 is 9.96. The van der Waals surface area contributed by atoms with Gasteiger partial charge in [0.15, 0.2) is 0 Å². The highest BCUT2D eigenvalue weighted by atomic mass is 17.1. The molecule has 0 bridgehead atoms. The average Bonchev–Trinajstić information content (AvgIpc) is 2.21. The van der Waals surface area contributed by atoms with Crippen LogP contribution in [0.1, 0.15) is 19.8 Å². The molecular weight excluding hydrogens is 200 g/mol. The van der Waals surface area contributed by atoms with Gasteiger partial charge in [-0.05, 0) is 19.8 Å². The van der Waals surface area contributed by atoms with Gasteiger partial charge in [-0.25, -0.2) is 9.68 Å². The highest BCUT2D eigenvalue weighted by Gasteiger charge is 2.01. The monoisotopic (exact) mass is 218 g/mol. The van der Waals surface area contributed by atoms with Gasteiger partial charge in [-0.2, -0.15) is 0 Å². The van der Waals surface area contributed by atoms with Crippen molar-refractivity contribution in [2.45, 2.75) is 19.8 Å². The van der Waals surface area contributed by atoms with E-state index in [0.717, 1.165) is 12.8 Å². The van der Waals surface area contributed by atoms with Gasteiger partial charge in [0.2, 0.25) is 0 Å². The molecule has 0 atom stereocenters. The Balaban J connectivity index is 3.11. The zero-order chi connectivity index (χ0) is 11.5. The Labute approximate surface area is 89.6 Å². The smallest absolute Gasteiger partial charge is 0.333 e. The van der Waals surface area contributed by atoms with E-state index in [2.05, 4.69) is 11.5 Å². The van der Waals surface area contributed by atoms with Gasteiger partial charge in [0.05, 0.1) is 13.2 Å². The summed E-state index contributed by atoms with van der Waals surface area (Å²) >= 11 is 0. The summed E-state index contributed by atoms with van der Waals surface area (Å²) in [6, 6.07) is 0. The van der Waals surface area contributed by atoms with Crippen molar-refractivity contribution in [3.05, 3.63) is 12.2 Å². The van der Waals surface area contributed by atoms with Crippen molar-refractivity contribution in [2.24, 2.45) is 0 Å². The normalized spacial score (nSPS) is 10.0. The van der Waals surface area contributed by atoms with Gasteiger partial charge >= 0.3 is 5.97 Å². The van der Waals surface area contributed by atoms with E-state index < -0.39 is 0 Å². The van der Waals surface area contributed by atoms with E-state index in [-0.39, 0.29) is 12.6 Å². The predicted octanol–water partition coefficient (Wildman–Crippen LogP) is 1.39. The summed E-state index contributed by atoms with van der Waals surface area (Å²) in [7, 11) is 0. The first-order valence-electron chi connectivity index (χ1n) is 4.85. The van der Waals surface area contributed by atoms with E-state index in [1.165, 1.54) is 0 Å². The van der Waals surface area contributed by atoms with Crippen LogP contribution in [0.5, 0.6) is 0 Å². The molecule has 5 nitrogen and oxygen atoms in total. The number of rotatable bonds is 9. The second kappa shape index (κ2) is 9.64. The minimum Gasteiger partial charge on any atom is -0.462 e. The number of carbonyl (C=O) groups excluding carboxylic acids is 1. The summed E-state index contributed by atoms with van der Waals surface area (Å²) in [4.78, 5) is 14.7. The van der Waals surface area contributed by atoms with Crippen LogP contribution in [0.4, 0.5) is 0 Å². The van der Waals surface area contributed by atoms with Crippen molar-refractivity contribution in [1.82, 2.24) is 0 Å². The molecule has 1 N–H and O–H groups in total. The SMILES string of the molecule is C=C(C)C(=O)OCCCCOCCOO. The third-order valence-corrected chi connectivity index (χ3v) is 1.58. The van der Waals surface area contributed by atoms with Crippen molar-refractivity contribution in [3.63, 3.8) is 0 Å². The number of unbranched alkanes of at least 4 members (excludes halogenated alkanes) is 1. The van der Waals surface area contributed by atoms with Crippen molar-refractivity contribution in [2.75, 3.05) is 26.4 Å². The van der Waals surface area contributed by atoms with E-state index in [4.69, 9.17) is 14.7 Å². The molecule has 0 saturated heterocycles. The van der Waals surface area contributed by atoms with Crippen LogP contribution in [0, 0.1) is 0 Å². The van der Waals surface area contributed by atoms with Crippen LogP contribution >= 0.6 is 0 Å². The maximum atomic E-state index is 10.9. The van der Waals surface area contributed by atoms with Gasteiger partial charge in [-0.15, -0.1) is 0 Å². The van der Waals surface area contributed by atoms with Gasteiger partial charge in [-0.3, -0.25) is 5.26 Å². The lowest BCUT2D eigenvalue weighted by Gasteiger charge is -2.04. The maximum Gasteiger partial charge on any atom is 0.333 e. The van der Waals surface area contributed by atoms with Crippen LogP contribution in [-0.2, 0) is 19.2 Å². The van der Waals surface area contributed by atoms with Gasteiger partial charge in [-0.1, -0.05) is 6.58 Å². The molecule has 0 aliphatic rings. The van der Waals surface area contributed by atoms with Crippen LogP contribution in [0.3, 0.4) is 0 Å². The Morgan fingerprint density at radius 1 is 1.20 bits per heavy atom. The number of carbonyl (C=O) groups is 1. The van der Waals surface area contributed by atoms with Gasteiger partial charge in [0, 0.05) is 12.2 Å². The Morgan fingerprint density at radius 2 is 1.87 bits per heavy atom. The molecule has 0 unspecified atom stereocenters. The van der Waals surface area contributed by atoms with Crippen LogP contribution < -0.4 is 0 Å². The highest BCUT2D eigenvalue weighted by molar-refractivity contribution is 5.86. The Bertz CT molecular complexity index is 190. The summed E-state index contributed by atoms with van der Waals surface area (Å²) in [5, 5.41) is 7.97. The quantitative estimate of drug-likeness (QED) is 0.208. The summed E-state index contributed by atoms with van der Waals surface area (Å²) in [6.07, 6.45) is 1.55. The Morgan fingerprint density at radius 3 is 2.47 bits per heavy atom. The number of hydrogen-bond donors (Lipinski definition) is 1. The molecule has 0 aliphatic carbocycles. The molecule has 0 fully saturated rings. The summed E-state index contributed by atoms with van der Waals surface area (Å²) in [6.45, 7) is 6.56. The standard InChI is InChI=1S/C10H18O5/c1-9(2)10(11)14-6-4-3-5-13-7-8-15-12/h12H,1,3-8H2,2H3. The first-order chi connectivity index (χ1) is 7.18. The molecule has 0 spiro atoms. The largest absolute Gasteiger partial charge is 0.462 e. The minimum atomic E-state index is -0.357. The average molecular weight is 218 g/mol. The number of ether oxygens (including phenoxy) is 2. The fourth-order valence-electron chi connectivity index (χ4n) is 0.793. The van der Waals surface area contributed by atoms with Crippen molar-refractivity contribution < 1.29 is 24.4 Å². The third kappa shape index (κ3) is 9.40. The lowest BCUT2D eigenvalue weighted by atomic mass is 10.3. The molecular formula is C10H18O5. The zero-order valence-corrected chi connectivity index (χ0v) is 9.03. The van der Waals surface area contributed by atoms with Gasteiger partial charge < -0.3 is 9.47 Å². The van der Waals surface area contributed by atoms with Crippen molar-refractivity contribution >= 4 is 5.97 Å². The highest BCUT2D eigenvalue weighted by Crippen LogP contribution is 1.96. The van der Waals surface area contributed by atoms with Gasteiger partial charge in [0.1, 0.15) is 6.61 Å². The van der Waals surface area contributed by atoms with Crippen LogP contribution in [0.2, 0.25) is 0 Å². The van der Waals surface area contributed by atoms with Crippen LogP contribution in [0.15, 0.2) is 12.2 Å². The fourth-order valence-corrected chi connectivity index (χ4v) is 0.793. The number of esters is 1. The molecule has 0 saturated carbocycles. The summed E-state index contributed by atoms with van der Waals surface area (Å²) in [5.74, 6) is -0.357. The third-order valence-electron chi connectivity index (χ3n) is 1.58. The molecule has 0 aromatic carbocycles. The van der Waals surface area contributed by atoms with Crippen LogP contribution in [0.25, 0.3) is 0 Å². The molecule has 0 aromatic rings. The van der Waals surface area contributed by atoms with Gasteiger partial charge in [0.25, 0.3) is 0 Å². The topological polar surface area (TPSA) is 65.0 Å². The molecule has 88 valence electrons. The molecule has 0 aliphatic heterocycles. The maximum absolute atomic E-state index is 10.9. The van der Waals surface area contributed by atoms with E-state index >= 15 is 0 Å². The lowest BCUT2D eigenvalue weighted by molar-refractivity contribution is -0.249. The lowest BCUT2D eigenvalue weighted by Crippen LogP contribution is -2.08. The molecule has 0 amide bonds. The van der Waals surface area contributed by atoms with Crippen molar-refractivity contribution in [1.29, 1.82) is 0 Å². The van der Waals surface area contributed by atoms with E-state index in [1.807, 2.05) is 0 Å². The second-order valence-electron chi connectivity index (χ2n) is 3.07. The molecule has 0 rings (SSSR count). The van der Waals surface area contributed by atoms with Crippen LogP contribution in [-0.4, -0.2) is 37.7 Å². The fraction of sp³-hybridized carbons (Fsp3) is 0.700. The van der Waals surface area contributed by atoms with E-state index in [9.17, 15) is 4.79 Å². The number of hydrogen-bond acceptors (Lipinski definition) is 5. The molecule has 0 radical (unpaired) electrons.